The van der Waals surface area contributed by atoms with Gasteiger partial charge in [0.15, 0.2) is 17.8 Å². The first-order valence-electron chi connectivity index (χ1n) is 5.50. The molecule has 1 heterocycles. The van der Waals surface area contributed by atoms with Crippen LogP contribution in [0.2, 0.25) is 10.0 Å². The molecule has 0 spiro atoms. The molecule has 3 N–H and O–H groups in total. The summed E-state index contributed by atoms with van der Waals surface area (Å²) in [5, 5.41) is 3.43. The lowest BCUT2D eigenvalue weighted by molar-refractivity contribution is 0.0950. The Kier molecular flexibility index (Phi) is 6.29. The van der Waals surface area contributed by atoms with Gasteiger partial charge in [0.2, 0.25) is 0 Å². The highest BCUT2D eigenvalue weighted by atomic mass is 35.5. The van der Waals surface area contributed by atoms with E-state index in [1.807, 2.05) is 0 Å². The summed E-state index contributed by atoms with van der Waals surface area (Å²) >= 11 is 11.8. The Morgan fingerprint density at radius 3 is 2.75 bits per heavy atom. The van der Waals surface area contributed by atoms with Crippen molar-refractivity contribution in [3.05, 3.63) is 40.3 Å². The van der Waals surface area contributed by atoms with Crippen LogP contribution in [-0.4, -0.2) is 24.0 Å². The molecule has 0 bridgehead atoms. The molecule has 0 aliphatic heterocycles. The number of nitrogens with one attached hydrogen (secondary N) is 1. The van der Waals surface area contributed by atoms with Crippen LogP contribution < -0.4 is 11.1 Å². The number of rotatable bonds is 4. The van der Waals surface area contributed by atoms with Gasteiger partial charge < -0.3 is 15.5 Å². The van der Waals surface area contributed by atoms with E-state index in [-0.39, 0.29) is 24.0 Å². The molecule has 0 saturated heterocycles. The third-order valence-corrected chi connectivity index (χ3v) is 3.13. The van der Waals surface area contributed by atoms with Gasteiger partial charge in [-0.15, -0.1) is 12.4 Å². The molecule has 2 aromatic rings. The zero-order valence-corrected chi connectivity index (χ0v) is 12.6. The van der Waals surface area contributed by atoms with Crippen molar-refractivity contribution in [2.45, 2.75) is 0 Å². The second-order valence-electron chi connectivity index (χ2n) is 3.70. The highest BCUT2D eigenvalue weighted by Gasteiger charge is 2.18. The minimum Gasteiger partial charge on any atom is -0.443 e. The number of hydrogen-bond donors (Lipinski definition) is 2. The van der Waals surface area contributed by atoms with Crippen molar-refractivity contribution in [3.8, 4) is 11.3 Å². The first kappa shape index (κ1) is 16.8. The molecule has 0 saturated carbocycles. The molecule has 5 nitrogen and oxygen atoms in total. The molecule has 0 atom stereocenters. The van der Waals surface area contributed by atoms with Gasteiger partial charge in [0.1, 0.15) is 0 Å². The van der Waals surface area contributed by atoms with Gasteiger partial charge >= 0.3 is 0 Å². The highest BCUT2D eigenvalue weighted by Crippen LogP contribution is 2.30. The summed E-state index contributed by atoms with van der Waals surface area (Å²) in [6.07, 6.45) is 1.20. The number of carbonyl (C=O) groups is 1. The number of nitrogens with two attached hydrogens (primary N) is 1. The Morgan fingerprint density at radius 1 is 1.35 bits per heavy atom. The van der Waals surface area contributed by atoms with Gasteiger partial charge in [-0.05, 0) is 18.2 Å². The minimum absolute atomic E-state index is 0. The van der Waals surface area contributed by atoms with Crippen molar-refractivity contribution < 1.29 is 9.21 Å². The fourth-order valence-corrected chi connectivity index (χ4v) is 1.82. The van der Waals surface area contributed by atoms with E-state index in [4.69, 9.17) is 33.4 Å². The predicted molar refractivity (Wildman–Crippen MR) is 80.6 cm³/mol. The maximum Gasteiger partial charge on any atom is 0.273 e. The molecule has 0 fully saturated rings. The number of amides is 1. The summed E-state index contributed by atoms with van der Waals surface area (Å²) in [4.78, 5) is 15.8. The van der Waals surface area contributed by atoms with Gasteiger partial charge in [-0.1, -0.05) is 23.2 Å². The van der Waals surface area contributed by atoms with Crippen molar-refractivity contribution in [2.24, 2.45) is 5.73 Å². The van der Waals surface area contributed by atoms with Gasteiger partial charge in [0.05, 0.1) is 10.0 Å². The van der Waals surface area contributed by atoms with Crippen molar-refractivity contribution in [1.82, 2.24) is 10.3 Å². The van der Waals surface area contributed by atoms with Crippen LogP contribution in [0.4, 0.5) is 0 Å². The number of nitrogens with zero attached hydrogens (tertiary/aromatic N) is 1. The highest BCUT2D eigenvalue weighted by molar-refractivity contribution is 6.42. The normalized spacial score (nSPS) is 9.95. The second-order valence-corrected chi connectivity index (χ2v) is 4.52. The number of carbonyl (C=O) groups excluding carboxylic acids is 1. The molecule has 0 unspecified atom stereocenters. The van der Waals surface area contributed by atoms with E-state index in [2.05, 4.69) is 10.3 Å². The summed E-state index contributed by atoms with van der Waals surface area (Å²) in [7, 11) is 0. The number of aromatic nitrogens is 1. The Morgan fingerprint density at radius 2 is 2.10 bits per heavy atom. The van der Waals surface area contributed by atoms with Crippen molar-refractivity contribution in [1.29, 1.82) is 0 Å². The third kappa shape index (κ3) is 3.64. The predicted octanol–water partition coefficient (Wildman–Crippen LogP) is 2.76. The largest absolute Gasteiger partial charge is 0.443 e. The topological polar surface area (TPSA) is 81.1 Å². The quantitative estimate of drug-likeness (QED) is 0.899. The molecule has 0 aliphatic rings. The summed E-state index contributed by atoms with van der Waals surface area (Å²) in [5.74, 6) is -0.00615. The average Bonchev–Trinajstić information content (AvgIpc) is 2.88. The molecule has 108 valence electrons. The fraction of sp³-hybridized carbons (Fsp3) is 0.167. The summed E-state index contributed by atoms with van der Waals surface area (Å²) in [6.45, 7) is 0.720. The summed E-state index contributed by atoms with van der Waals surface area (Å²) < 4.78 is 5.24. The van der Waals surface area contributed by atoms with E-state index in [1.165, 1.54) is 6.39 Å². The summed E-state index contributed by atoms with van der Waals surface area (Å²) in [6, 6.07) is 4.95. The Labute approximate surface area is 131 Å². The lowest BCUT2D eigenvalue weighted by Crippen LogP contribution is -2.29. The van der Waals surface area contributed by atoms with Crippen LogP contribution in [0.3, 0.4) is 0 Å². The first-order valence-corrected chi connectivity index (χ1v) is 6.26. The number of oxazole rings is 1. The van der Waals surface area contributed by atoms with E-state index in [1.54, 1.807) is 18.2 Å². The lowest BCUT2D eigenvalue weighted by atomic mass is 10.1. The summed E-state index contributed by atoms with van der Waals surface area (Å²) in [5.41, 5.74) is 6.14. The van der Waals surface area contributed by atoms with Crippen LogP contribution in [-0.2, 0) is 0 Å². The third-order valence-electron chi connectivity index (χ3n) is 2.39. The molecular weight excluding hydrogens is 325 g/mol. The van der Waals surface area contributed by atoms with Crippen molar-refractivity contribution in [3.63, 3.8) is 0 Å². The van der Waals surface area contributed by atoms with Gasteiger partial charge in [-0.25, -0.2) is 4.98 Å². The standard InChI is InChI=1S/C12H11Cl2N3O2.ClH/c13-8-2-1-7(5-9(8)14)11-10(17-6-19-11)12(18)16-4-3-15;/h1-2,5-6H,3-4,15H2,(H,16,18);1H. The molecule has 0 radical (unpaired) electrons. The Bertz CT molecular complexity index is 601. The van der Waals surface area contributed by atoms with Crippen LogP contribution in [0.15, 0.2) is 29.0 Å². The van der Waals surface area contributed by atoms with Crippen molar-refractivity contribution in [2.75, 3.05) is 13.1 Å². The molecule has 2 rings (SSSR count). The van der Waals surface area contributed by atoms with E-state index < -0.39 is 0 Å². The van der Waals surface area contributed by atoms with Gasteiger partial charge in [-0.2, -0.15) is 0 Å². The zero-order valence-electron chi connectivity index (χ0n) is 10.2. The first-order chi connectivity index (χ1) is 9.13. The molecule has 0 aliphatic carbocycles. The number of hydrogen-bond acceptors (Lipinski definition) is 4. The fourth-order valence-electron chi connectivity index (χ4n) is 1.52. The van der Waals surface area contributed by atoms with Gasteiger partial charge in [0, 0.05) is 18.7 Å². The van der Waals surface area contributed by atoms with Gasteiger partial charge in [-0.3, -0.25) is 4.79 Å². The monoisotopic (exact) mass is 335 g/mol. The maximum absolute atomic E-state index is 11.9. The minimum atomic E-state index is -0.347. The van der Waals surface area contributed by atoms with Crippen LogP contribution in [0, 0.1) is 0 Å². The van der Waals surface area contributed by atoms with Crippen LogP contribution in [0.5, 0.6) is 0 Å². The maximum atomic E-state index is 11.9. The van der Waals surface area contributed by atoms with Crippen LogP contribution in [0.1, 0.15) is 10.5 Å². The molecule has 1 aromatic heterocycles. The Balaban J connectivity index is 0.00000200. The zero-order chi connectivity index (χ0) is 13.8. The van der Waals surface area contributed by atoms with E-state index in [0.29, 0.717) is 34.5 Å². The molecule has 1 amide bonds. The molecule has 8 heteroatoms. The number of benzene rings is 1. The van der Waals surface area contributed by atoms with Crippen molar-refractivity contribution >= 4 is 41.5 Å². The smallest absolute Gasteiger partial charge is 0.273 e. The van der Waals surface area contributed by atoms with Gasteiger partial charge in [0.25, 0.3) is 5.91 Å². The lowest BCUT2D eigenvalue weighted by Gasteiger charge is -2.04. The second kappa shape index (κ2) is 7.50. The van der Waals surface area contributed by atoms with E-state index in [9.17, 15) is 4.79 Å². The van der Waals surface area contributed by atoms with E-state index >= 15 is 0 Å². The molecule has 20 heavy (non-hydrogen) atoms. The van der Waals surface area contributed by atoms with Crippen LogP contribution >= 0.6 is 35.6 Å². The average molecular weight is 337 g/mol. The molecule has 1 aromatic carbocycles. The van der Waals surface area contributed by atoms with E-state index in [0.717, 1.165) is 0 Å². The number of halogens is 3. The van der Waals surface area contributed by atoms with Crippen LogP contribution in [0.25, 0.3) is 11.3 Å². The Hall–Kier alpha value is -1.27. The SMILES string of the molecule is Cl.NCCNC(=O)c1ncoc1-c1ccc(Cl)c(Cl)c1. The molecular formula is C12H12Cl3N3O2.